The summed E-state index contributed by atoms with van der Waals surface area (Å²) in [5, 5.41) is 1.94. The summed E-state index contributed by atoms with van der Waals surface area (Å²) in [6.45, 7) is 4.68. The van der Waals surface area contributed by atoms with Gasteiger partial charge in [-0.25, -0.2) is 15.0 Å². The zero-order chi connectivity index (χ0) is 43.5. The number of para-hydroxylation sites is 1. The monoisotopic (exact) mass is 834 g/mol. The Morgan fingerprint density at radius 3 is 1.62 bits per heavy atom. The van der Waals surface area contributed by atoms with Gasteiger partial charge in [-0.15, -0.1) is 0 Å². The summed E-state index contributed by atoms with van der Waals surface area (Å²) < 4.78 is 6.62. The van der Waals surface area contributed by atoms with Crippen molar-refractivity contribution in [2.24, 2.45) is 0 Å². The predicted molar refractivity (Wildman–Crippen MR) is 267 cm³/mol. The first kappa shape index (κ1) is 38.3. The first-order valence-electron chi connectivity index (χ1n) is 22.1. The highest BCUT2D eigenvalue weighted by Gasteiger charge is 2.38. The van der Waals surface area contributed by atoms with Gasteiger partial charge in [0.25, 0.3) is 0 Å². The van der Waals surface area contributed by atoms with Crippen LogP contribution in [0.1, 0.15) is 25.0 Å². The van der Waals surface area contributed by atoms with Crippen LogP contribution in [0, 0.1) is 0 Å². The summed E-state index contributed by atoms with van der Waals surface area (Å²) in [4.78, 5) is 17.7. The lowest BCUT2D eigenvalue weighted by Gasteiger charge is -2.30. The molecule has 5 heteroatoms. The lowest BCUT2D eigenvalue weighted by molar-refractivity contribution is 0.660. The number of nitrogens with zero attached hydrogens (tertiary/aromatic N) is 4. The molecule has 0 spiro atoms. The SMILES string of the molecule is CC1(C)c2ccccc2-c2c(N(c3ccc(-c4ccccc4)cc3)c3ccccc3-c3ccc4oc5cccc(-c6nc(-c7ccccc7)nc(-c7ccccc7)n6)c5c4c3)cccc21. The van der Waals surface area contributed by atoms with Crippen molar-refractivity contribution in [2.45, 2.75) is 19.3 Å². The molecule has 0 atom stereocenters. The average Bonchev–Trinajstić information content (AvgIpc) is 3.87. The molecular formula is C60H42N4O. The average molecular weight is 835 g/mol. The van der Waals surface area contributed by atoms with Crippen LogP contribution in [0.15, 0.2) is 223 Å². The third kappa shape index (κ3) is 6.51. The van der Waals surface area contributed by atoms with Crippen molar-refractivity contribution < 1.29 is 4.42 Å². The summed E-state index contributed by atoms with van der Waals surface area (Å²) in [5.74, 6) is 1.82. The molecule has 308 valence electrons. The van der Waals surface area contributed by atoms with E-state index >= 15 is 0 Å². The molecule has 0 bridgehead atoms. The molecule has 0 saturated carbocycles. The van der Waals surface area contributed by atoms with Crippen molar-refractivity contribution in [3.05, 3.63) is 230 Å². The summed E-state index contributed by atoms with van der Waals surface area (Å²) in [5.41, 5.74) is 17.1. The standard InChI is InChI=1S/C60H42N4O/c1-60(2)49-27-14-12-25-46(49)56-50(60)28-17-30-52(56)64(44-35-32-40(33-36-44)39-18-6-3-7-19-39)51-29-15-13-24-45(51)43-34-37-53-48(38-43)55-47(26-16-31-54(55)65-53)59-62-57(41-20-8-4-9-21-41)61-58(63-59)42-22-10-5-11-23-42/h3-38H,1-2H3. The zero-order valence-electron chi connectivity index (χ0n) is 36.0. The van der Waals surface area contributed by atoms with E-state index in [-0.39, 0.29) is 5.41 Å². The summed E-state index contributed by atoms with van der Waals surface area (Å²) in [6.07, 6.45) is 0. The van der Waals surface area contributed by atoms with Crippen molar-refractivity contribution in [2.75, 3.05) is 4.90 Å². The van der Waals surface area contributed by atoms with E-state index in [0.29, 0.717) is 17.5 Å². The maximum absolute atomic E-state index is 6.62. The van der Waals surface area contributed by atoms with Gasteiger partial charge in [-0.05, 0) is 75.8 Å². The number of benzene rings is 9. The zero-order valence-corrected chi connectivity index (χ0v) is 36.0. The topological polar surface area (TPSA) is 55.1 Å². The Balaban J connectivity index is 1.05. The molecule has 0 N–H and O–H groups in total. The molecular weight excluding hydrogens is 793 g/mol. The minimum Gasteiger partial charge on any atom is -0.456 e. The van der Waals surface area contributed by atoms with Gasteiger partial charge in [0.05, 0.1) is 11.4 Å². The van der Waals surface area contributed by atoms with Gasteiger partial charge in [-0.2, -0.15) is 0 Å². The van der Waals surface area contributed by atoms with Crippen LogP contribution in [0.4, 0.5) is 17.1 Å². The van der Waals surface area contributed by atoms with Crippen molar-refractivity contribution in [3.8, 4) is 67.5 Å². The molecule has 1 aliphatic rings. The van der Waals surface area contributed by atoms with Crippen LogP contribution in [-0.4, -0.2) is 15.0 Å². The van der Waals surface area contributed by atoms with Gasteiger partial charge in [0.1, 0.15) is 11.2 Å². The number of furan rings is 1. The minimum absolute atomic E-state index is 0.155. The fourth-order valence-corrected chi connectivity index (χ4v) is 9.79. The van der Waals surface area contributed by atoms with Crippen LogP contribution < -0.4 is 4.90 Å². The molecule has 2 heterocycles. The molecule has 0 unspecified atom stereocenters. The lowest BCUT2D eigenvalue weighted by atomic mass is 9.82. The number of rotatable bonds is 8. The molecule has 0 amide bonds. The molecule has 12 rings (SSSR count). The highest BCUT2D eigenvalue weighted by molar-refractivity contribution is 6.13. The Morgan fingerprint density at radius 2 is 0.908 bits per heavy atom. The Labute approximate surface area is 378 Å². The number of hydrogen-bond donors (Lipinski definition) is 0. The molecule has 11 aromatic rings. The molecule has 0 fully saturated rings. The number of aromatic nitrogens is 3. The first-order chi connectivity index (χ1) is 32.0. The second-order valence-corrected chi connectivity index (χ2v) is 17.2. The van der Waals surface area contributed by atoms with Gasteiger partial charge in [0, 0.05) is 49.7 Å². The van der Waals surface area contributed by atoms with Gasteiger partial charge < -0.3 is 9.32 Å². The second kappa shape index (κ2) is 15.4. The van der Waals surface area contributed by atoms with Gasteiger partial charge >= 0.3 is 0 Å². The molecule has 0 aliphatic heterocycles. The van der Waals surface area contributed by atoms with Crippen molar-refractivity contribution in [1.29, 1.82) is 0 Å². The van der Waals surface area contributed by atoms with Crippen molar-refractivity contribution >= 4 is 39.0 Å². The fraction of sp³-hybridized carbons (Fsp3) is 0.0500. The van der Waals surface area contributed by atoms with Crippen LogP contribution in [0.2, 0.25) is 0 Å². The summed E-state index contributed by atoms with van der Waals surface area (Å²) in [7, 11) is 0. The van der Waals surface area contributed by atoms with E-state index in [4.69, 9.17) is 19.4 Å². The summed E-state index contributed by atoms with van der Waals surface area (Å²) in [6, 6.07) is 76.9. The van der Waals surface area contributed by atoms with Gasteiger partial charge in [0.15, 0.2) is 17.5 Å². The van der Waals surface area contributed by atoms with Crippen molar-refractivity contribution in [3.63, 3.8) is 0 Å². The molecule has 5 nitrogen and oxygen atoms in total. The van der Waals surface area contributed by atoms with Gasteiger partial charge in [-0.1, -0.05) is 190 Å². The van der Waals surface area contributed by atoms with Crippen LogP contribution in [-0.2, 0) is 5.41 Å². The van der Waals surface area contributed by atoms with E-state index in [9.17, 15) is 0 Å². The number of anilines is 3. The van der Waals surface area contributed by atoms with Gasteiger partial charge in [-0.3, -0.25) is 0 Å². The molecule has 65 heavy (non-hydrogen) atoms. The number of hydrogen-bond acceptors (Lipinski definition) is 5. The highest BCUT2D eigenvalue weighted by atomic mass is 16.3. The smallest absolute Gasteiger partial charge is 0.164 e. The third-order valence-corrected chi connectivity index (χ3v) is 13.0. The maximum atomic E-state index is 6.62. The predicted octanol–water partition coefficient (Wildman–Crippen LogP) is 15.9. The molecule has 0 radical (unpaired) electrons. The van der Waals surface area contributed by atoms with E-state index in [1.807, 2.05) is 72.8 Å². The van der Waals surface area contributed by atoms with E-state index in [0.717, 1.165) is 66.8 Å². The number of fused-ring (bicyclic) bond motifs is 6. The largest absolute Gasteiger partial charge is 0.456 e. The summed E-state index contributed by atoms with van der Waals surface area (Å²) >= 11 is 0. The molecule has 0 saturated heterocycles. The first-order valence-corrected chi connectivity index (χ1v) is 22.1. The minimum atomic E-state index is -0.155. The maximum Gasteiger partial charge on any atom is 0.164 e. The Hall–Kier alpha value is -8.41. The Morgan fingerprint density at radius 1 is 0.385 bits per heavy atom. The fourth-order valence-electron chi connectivity index (χ4n) is 9.79. The van der Waals surface area contributed by atoms with E-state index in [1.54, 1.807) is 0 Å². The molecule has 9 aromatic carbocycles. The normalized spacial score (nSPS) is 12.6. The van der Waals surface area contributed by atoms with E-state index in [2.05, 4.69) is 164 Å². The Bertz CT molecular complexity index is 3500. The lowest BCUT2D eigenvalue weighted by Crippen LogP contribution is -2.16. The molecule has 1 aliphatic carbocycles. The Kier molecular flexibility index (Phi) is 9.09. The van der Waals surface area contributed by atoms with E-state index in [1.165, 1.54) is 33.4 Å². The highest BCUT2D eigenvalue weighted by Crippen LogP contribution is 2.55. The van der Waals surface area contributed by atoms with Crippen LogP contribution in [0.25, 0.3) is 89.5 Å². The van der Waals surface area contributed by atoms with Gasteiger partial charge in [0.2, 0.25) is 0 Å². The second-order valence-electron chi connectivity index (χ2n) is 17.2. The molecule has 2 aromatic heterocycles. The van der Waals surface area contributed by atoms with Crippen LogP contribution in [0.5, 0.6) is 0 Å². The van der Waals surface area contributed by atoms with Crippen molar-refractivity contribution in [1.82, 2.24) is 15.0 Å². The van der Waals surface area contributed by atoms with Crippen LogP contribution >= 0.6 is 0 Å². The van der Waals surface area contributed by atoms with Crippen LogP contribution in [0.3, 0.4) is 0 Å². The quantitative estimate of drug-likeness (QED) is 0.153. The van der Waals surface area contributed by atoms with E-state index < -0.39 is 0 Å². The third-order valence-electron chi connectivity index (χ3n) is 13.0.